The fourth-order valence-corrected chi connectivity index (χ4v) is 4.85. The van der Waals surface area contributed by atoms with Gasteiger partial charge >= 0.3 is 6.09 Å². The molecule has 1 unspecified atom stereocenters. The molecule has 0 radical (unpaired) electrons. The van der Waals surface area contributed by atoms with E-state index in [1.807, 2.05) is 18.2 Å². The van der Waals surface area contributed by atoms with Gasteiger partial charge in [0, 0.05) is 5.69 Å². The quantitative estimate of drug-likeness (QED) is 0.708. The van der Waals surface area contributed by atoms with E-state index in [2.05, 4.69) is 19.2 Å². The number of para-hydroxylation sites is 1. The minimum absolute atomic E-state index is 0.0620. The number of benzene rings is 2. The molecule has 0 saturated heterocycles. The summed E-state index contributed by atoms with van der Waals surface area (Å²) in [5.74, 6) is -0.0620. The summed E-state index contributed by atoms with van der Waals surface area (Å²) in [7, 11) is -1.41. The molecule has 0 aromatic heterocycles. The average Bonchev–Trinajstić information content (AvgIpc) is 2.74. The zero-order valence-corrected chi connectivity index (χ0v) is 18.4. The third-order valence-electron chi connectivity index (χ3n) is 5.17. The van der Waals surface area contributed by atoms with Crippen LogP contribution in [0, 0.1) is 0 Å². The maximum atomic E-state index is 13.3. The van der Waals surface area contributed by atoms with Crippen LogP contribution in [0.3, 0.4) is 0 Å². The van der Waals surface area contributed by atoms with E-state index in [1.54, 1.807) is 36.1 Å². The molecule has 2 aromatic rings. The van der Waals surface area contributed by atoms with Gasteiger partial charge in [-0.1, -0.05) is 12.1 Å². The smallest absolute Gasteiger partial charge is 0.411 e. The molecule has 1 heterocycles. The summed E-state index contributed by atoms with van der Waals surface area (Å²) in [5.41, 5.74) is 1.63. The van der Waals surface area contributed by atoms with Crippen molar-refractivity contribution in [3.05, 3.63) is 42.5 Å². The van der Waals surface area contributed by atoms with Gasteiger partial charge in [0.1, 0.15) is 0 Å². The number of anilines is 3. The molecule has 160 valence electrons. The predicted octanol–water partition coefficient (Wildman–Crippen LogP) is 2.71. The Kier molecular flexibility index (Phi) is 7.23. The SMILES string of the molecule is CCOC(=O)Nc1ccc2c(c1)N(C(=O)CC[NH+](CC)CC)c1ccccc1S2=O. The van der Waals surface area contributed by atoms with Crippen molar-refractivity contribution >= 4 is 39.9 Å². The third-order valence-corrected chi connectivity index (χ3v) is 6.66. The van der Waals surface area contributed by atoms with Gasteiger partial charge in [-0.05, 0) is 51.1 Å². The van der Waals surface area contributed by atoms with Gasteiger partial charge in [-0.15, -0.1) is 0 Å². The molecule has 0 bridgehead atoms. The van der Waals surface area contributed by atoms with Crippen LogP contribution in [0.1, 0.15) is 27.2 Å². The van der Waals surface area contributed by atoms with Crippen LogP contribution in [-0.2, 0) is 20.3 Å². The van der Waals surface area contributed by atoms with Gasteiger partial charge in [0.15, 0.2) is 0 Å². The van der Waals surface area contributed by atoms with Crippen molar-refractivity contribution in [2.45, 2.75) is 37.0 Å². The van der Waals surface area contributed by atoms with Gasteiger partial charge < -0.3 is 9.64 Å². The Morgan fingerprint density at radius 2 is 1.73 bits per heavy atom. The first-order chi connectivity index (χ1) is 14.5. The number of nitrogens with zero attached hydrogens (tertiary/aromatic N) is 1. The zero-order chi connectivity index (χ0) is 21.7. The molecule has 1 atom stereocenters. The van der Waals surface area contributed by atoms with Crippen LogP contribution >= 0.6 is 0 Å². The molecule has 8 heteroatoms. The molecule has 1 aliphatic rings. The third kappa shape index (κ3) is 4.55. The number of quaternary nitrogens is 1. The molecule has 0 spiro atoms. The van der Waals surface area contributed by atoms with E-state index in [-0.39, 0.29) is 12.5 Å². The van der Waals surface area contributed by atoms with Crippen LogP contribution in [0.4, 0.5) is 21.9 Å². The first-order valence-corrected chi connectivity index (χ1v) is 11.4. The summed E-state index contributed by atoms with van der Waals surface area (Å²) in [6.45, 7) is 8.82. The van der Waals surface area contributed by atoms with E-state index in [0.717, 1.165) is 19.6 Å². The normalized spacial score (nSPS) is 14.8. The number of carbonyl (C=O) groups is 2. The van der Waals surface area contributed by atoms with Crippen LogP contribution in [-0.4, -0.2) is 42.5 Å². The van der Waals surface area contributed by atoms with Crippen molar-refractivity contribution in [3.63, 3.8) is 0 Å². The van der Waals surface area contributed by atoms with E-state index < -0.39 is 16.9 Å². The van der Waals surface area contributed by atoms with Crippen molar-refractivity contribution in [1.29, 1.82) is 0 Å². The molecule has 1 aliphatic heterocycles. The van der Waals surface area contributed by atoms with Crippen molar-refractivity contribution in [1.82, 2.24) is 0 Å². The summed E-state index contributed by atoms with van der Waals surface area (Å²) >= 11 is 0. The van der Waals surface area contributed by atoms with Gasteiger partial charge in [-0.25, -0.2) is 9.00 Å². The van der Waals surface area contributed by atoms with Crippen LogP contribution in [0.5, 0.6) is 0 Å². The second-order valence-electron chi connectivity index (χ2n) is 6.95. The van der Waals surface area contributed by atoms with Crippen molar-refractivity contribution in [2.75, 3.05) is 36.5 Å². The molecule has 0 saturated carbocycles. The second-order valence-corrected chi connectivity index (χ2v) is 8.37. The highest BCUT2D eigenvalue weighted by atomic mass is 32.2. The molecule has 7 nitrogen and oxygen atoms in total. The number of rotatable bonds is 7. The Labute approximate surface area is 179 Å². The number of ether oxygens (including phenoxy) is 1. The van der Waals surface area contributed by atoms with Gasteiger partial charge in [-0.2, -0.15) is 0 Å². The highest BCUT2D eigenvalue weighted by molar-refractivity contribution is 7.85. The van der Waals surface area contributed by atoms with E-state index in [9.17, 15) is 13.8 Å². The Bertz CT molecular complexity index is 959. The Balaban J connectivity index is 1.99. The number of hydrogen-bond donors (Lipinski definition) is 2. The first kappa shape index (κ1) is 22.0. The van der Waals surface area contributed by atoms with Gasteiger partial charge in [0.2, 0.25) is 5.91 Å². The molecule has 2 aromatic carbocycles. The predicted molar refractivity (Wildman–Crippen MR) is 117 cm³/mol. The van der Waals surface area contributed by atoms with Crippen LogP contribution in [0.25, 0.3) is 0 Å². The van der Waals surface area contributed by atoms with Crippen LogP contribution < -0.4 is 15.1 Å². The number of carbonyl (C=O) groups excluding carboxylic acids is 2. The number of fused-ring (bicyclic) bond motifs is 2. The van der Waals surface area contributed by atoms with E-state index in [4.69, 9.17) is 4.74 Å². The van der Waals surface area contributed by atoms with E-state index in [0.29, 0.717) is 33.3 Å². The molecule has 30 heavy (non-hydrogen) atoms. The summed E-state index contributed by atoms with van der Waals surface area (Å²) in [5, 5.41) is 2.66. The summed E-state index contributed by atoms with van der Waals surface area (Å²) in [4.78, 5) is 29.3. The lowest BCUT2D eigenvalue weighted by atomic mass is 10.2. The molecule has 0 fully saturated rings. The fraction of sp³-hybridized carbons (Fsp3) is 0.364. The number of nitrogens with one attached hydrogen (secondary N) is 2. The lowest BCUT2D eigenvalue weighted by Gasteiger charge is -2.31. The molecule has 2 amide bonds. The standard InChI is InChI=1S/C22H27N3O4S/c1-4-24(5-2)14-13-21(26)25-17-9-7-8-10-19(17)30(28)20-12-11-16(15-18(20)25)23-22(27)29-6-3/h7-12,15H,4-6,13-14H2,1-3H3,(H,23,27)/p+1. The Morgan fingerprint density at radius 1 is 1.03 bits per heavy atom. The Morgan fingerprint density at radius 3 is 2.43 bits per heavy atom. The summed E-state index contributed by atoms with van der Waals surface area (Å²) in [6, 6.07) is 12.3. The number of amides is 2. The molecular formula is C22H28N3O4S+. The second kappa shape index (κ2) is 9.86. The van der Waals surface area contributed by atoms with Crippen LogP contribution in [0.15, 0.2) is 52.3 Å². The van der Waals surface area contributed by atoms with Crippen molar-refractivity contribution < 1.29 is 23.4 Å². The lowest BCUT2D eigenvalue weighted by Crippen LogP contribution is -3.11. The van der Waals surface area contributed by atoms with Gasteiger partial charge in [0.25, 0.3) is 0 Å². The molecule has 3 rings (SSSR count). The maximum absolute atomic E-state index is 13.3. The number of hydrogen-bond acceptors (Lipinski definition) is 4. The van der Waals surface area contributed by atoms with E-state index >= 15 is 0 Å². The highest BCUT2D eigenvalue weighted by Crippen LogP contribution is 2.43. The highest BCUT2D eigenvalue weighted by Gasteiger charge is 2.32. The maximum Gasteiger partial charge on any atom is 0.411 e. The van der Waals surface area contributed by atoms with Crippen molar-refractivity contribution in [3.8, 4) is 0 Å². The monoisotopic (exact) mass is 430 g/mol. The first-order valence-electron chi connectivity index (χ1n) is 10.2. The molecule has 0 aliphatic carbocycles. The minimum atomic E-state index is -1.41. The molecule has 2 N–H and O–H groups in total. The van der Waals surface area contributed by atoms with Crippen molar-refractivity contribution in [2.24, 2.45) is 0 Å². The van der Waals surface area contributed by atoms with E-state index in [1.165, 1.54) is 4.90 Å². The van der Waals surface area contributed by atoms with Gasteiger partial charge in [0.05, 0.1) is 64.6 Å². The largest absolute Gasteiger partial charge is 0.450 e. The summed E-state index contributed by atoms with van der Waals surface area (Å²) in [6.07, 6.45) is -0.203. The minimum Gasteiger partial charge on any atom is -0.450 e. The average molecular weight is 431 g/mol. The lowest BCUT2D eigenvalue weighted by molar-refractivity contribution is -0.895. The topological polar surface area (TPSA) is 80.2 Å². The fourth-order valence-electron chi connectivity index (χ4n) is 3.53. The molecular weight excluding hydrogens is 402 g/mol. The van der Waals surface area contributed by atoms with Crippen LogP contribution in [0.2, 0.25) is 0 Å². The van der Waals surface area contributed by atoms with Gasteiger partial charge in [-0.3, -0.25) is 15.0 Å². The summed E-state index contributed by atoms with van der Waals surface area (Å²) < 4.78 is 18.1. The Hall–Kier alpha value is -2.71. The zero-order valence-electron chi connectivity index (χ0n) is 17.6.